The second-order valence-electron chi connectivity index (χ2n) is 6.46. The number of nitrogens with one attached hydrogen (secondary N) is 3. The Morgan fingerprint density at radius 1 is 1.13 bits per heavy atom. The van der Waals surface area contributed by atoms with Crippen LogP contribution < -0.4 is 21.5 Å². The summed E-state index contributed by atoms with van der Waals surface area (Å²) in [4.78, 5) is 25.3. The molecule has 164 valence electrons. The number of hydrogen-bond acceptors (Lipinski definition) is 4. The molecule has 2 heterocycles. The predicted molar refractivity (Wildman–Crippen MR) is 125 cm³/mol. The summed E-state index contributed by atoms with van der Waals surface area (Å²) in [5, 5.41) is 8.02. The van der Waals surface area contributed by atoms with Gasteiger partial charge >= 0.3 is 0 Å². The molecular formula is C19H18Cl3N5O3S. The van der Waals surface area contributed by atoms with Gasteiger partial charge in [0.05, 0.1) is 17.6 Å². The van der Waals surface area contributed by atoms with Crippen LogP contribution in [0.1, 0.15) is 16.2 Å². The highest BCUT2D eigenvalue weighted by atomic mass is 35.6. The van der Waals surface area contributed by atoms with Crippen molar-refractivity contribution in [3.8, 4) is 5.69 Å². The Kier molecular flexibility index (Phi) is 7.00. The van der Waals surface area contributed by atoms with Crippen LogP contribution in [0.25, 0.3) is 5.69 Å². The molecule has 0 aliphatic rings. The maximum atomic E-state index is 13.0. The third-order valence-corrected chi connectivity index (χ3v) is 5.29. The van der Waals surface area contributed by atoms with Crippen molar-refractivity contribution in [1.82, 2.24) is 20.0 Å². The number of hydrogen-bond donors (Lipinski definition) is 3. The number of nitrogens with zero attached hydrogens (tertiary/aromatic N) is 2. The smallest absolute Gasteiger partial charge is 0.295 e. The van der Waals surface area contributed by atoms with Crippen molar-refractivity contribution < 1.29 is 9.21 Å². The van der Waals surface area contributed by atoms with Crippen molar-refractivity contribution >= 4 is 63.7 Å². The van der Waals surface area contributed by atoms with Crippen LogP contribution in [0.2, 0.25) is 0 Å². The minimum atomic E-state index is -1.95. The molecule has 0 aliphatic carbocycles. The first-order chi connectivity index (χ1) is 14.6. The van der Waals surface area contributed by atoms with Gasteiger partial charge in [0.15, 0.2) is 10.9 Å². The minimum Gasteiger partial charge on any atom is -0.459 e. The van der Waals surface area contributed by atoms with Crippen LogP contribution in [0.15, 0.2) is 57.9 Å². The van der Waals surface area contributed by atoms with Crippen LogP contribution in [0.4, 0.5) is 5.69 Å². The Morgan fingerprint density at radius 2 is 1.81 bits per heavy atom. The van der Waals surface area contributed by atoms with Crippen LogP contribution in [0.3, 0.4) is 0 Å². The van der Waals surface area contributed by atoms with E-state index in [0.717, 1.165) is 0 Å². The number of carbonyl (C=O) groups excluding carboxylic acids is 1. The van der Waals surface area contributed by atoms with E-state index in [1.807, 2.05) is 30.3 Å². The van der Waals surface area contributed by atoms with Gasteiger partial charge in [-0.25, -0.2) is 4.68 Å². The summed E-state index contributed by atoms with van der Waals surface area (Å²) < 4.78 is 6.26. The largest absolute Gasteiger partial charge is 0.459 e. The van der Waals surface area contributed by atoms with Crippen LogP contribution in [0.5, 0.6) is 0 Å². The maximum absolute atomic E-state index is 13.0. The maximum Gasteiger partial charge on any atom is 0.295 e. The Balaban J connectivity index is 1.80. The van der Waals surface area contributed by atoms with E-state index in [1.165, 1.54) is 17.0 Å². The van der Waals surface area contributed by atoms with Gasteiger partial charge in [-0.15, -0.1) is 0 Å². The highest BCUT2D eigenvalue weighted by Crippen LogP contribution is 2.29. The van der Waals surface area contributed by atoms with E-state index < -0.39 is 15.9 Å². The van der Waals surface area contributed by atoms with Crippen LogP contribution in [0, 0.1) is 6.92 Å². The van der Waals surface area contributed by atoms with Crippen LogP contribution >= 0.6 is 47.0 Å². The summed E-state index contributed by atoms with van der Waals surface area (Å²) in [6.07, 6.45) is 0.130. The molecule has 8 nitrogen and oxygen atoms in total. The first-order valence-electron chi connectivity index (χ1n) is 8.92. The monoisotopic (exact) mass is 501 g/mol. The molecule has 2 aromatic heterocycles. The molecule has 0 radical (unpaired) electrons. The van der Waals surface area contributed by atoms with Crippen molar-refractivity contribution in [2.75, 3.05) is 5.32 Å². The minimum absolute atomic E-state index is 0.0259. The molecule has 0 fully saturated rings. The fourth-order valence-corrected chi connectivity index (χ4v) is 3.35. The quantitative estimate of drug-likeness (QED) is 0.281. The summed E-state index contributed by atoms with van der Waals surface area (Å²) in [5.74, 6) is -0.580. The Labute approximate surface area is 198 Å². The van der Waals surface area contributed by atoms with Crippen LogP contribution in [-0.4, -0.2) is 30.3 Å². The van der Waals surface area contributed by atoms with Gasteiger partial charge in [-0.05, 0) is 43.4 Å². The lowest BCUT2D eigenvalue weighted by atomic mass is 10.3. The third-order valence-electron chi connectivity index (χ3n) is 4.42. The van der Waals surface area contributed by atoms with Crippen molar-refractivity contribution in [3.05, 3.63) is 70.5 Å². The molecule has 0 spiro atoms. The zero-order valence-corrected chi connectivity index (χ0v) is 19.4. The molecular weight excluding hydrogens is 485 g/mol. The topological polar surface area (TPSA) is 93.2 Å². The molecule has 0 saturated carbocycles. The van der Waals surface area contributed by atoms with Crippen molar-refractivity contribution in [2.45, 2.75) is 16.9 Å². The van der Waals surface area contributed by atoms with Gasteiger partial charge < -0.3 is 20.4 Å². The lowest BCUT2D eigenvalue weighted by Crippen LogP contribution is -2.56. The van der Waals surface area contributed by atoms with Gasteiger partial charge in [0.2, 0.25) is 3.79 Å². The zero-order chi connectivity index (χ0) is 22.8. The number of halogens is 3. The Bertz CT molecular complexity index is 1140. The molecule has 12 heteroatoms. The lowest BCUT2D eigenvalue weighted by Gasteiger charge is -2.27. The molecule has 31 heavy (non-hydrogen) atoms. The molecule has 0 aliphatic heterocycles. The molecule has 3 aromatic rings. The summed E-state index contributed by atoms with van der Waals surface area (Å²) >= 11 is 23.3. The fraction of sp³-hybridized carbons (Fsp3) is 0.211. The second-order valence-corrected chi connectivity index (χ2v) is 9.24. The Morgan fingerprint density at radius 3 is 2.39 bits per heavy atom. The highest BCUT2D eigenvalue weighted by molar-refractivity contribution is 7.80. The van der Waals surface area contributed by atoms with Crippen molar-refractivity contribution in [2.24, 2.45) is 7.05 Å². The number of aromatic nitrogens is 2. The molecule has 3 rings (SSSR count). The van der Waals surface area contributed by atoms with Gasteiger partial charge in [0, 0.05) is 7.05 Å². The van der Waals surface area contributed by atoms with Gasteiger partial charge in [-0.1, -0.05) is 53.0 Å². The highest BCUT2D eigenvalue weighted by Gasteiger charge is 2.35. The lowest BCUT2D eigenvalue weighted by molar-refractivity contribution is 0.0906. The molecule has 0 saturated heterocycles. The van der Waals surface area contributed by atoms with Crippen LogP contribution in [-0.2, 0) is 7.05 Å². The summed E-state index contributed by atoms with van der Waals surface area (Å²) in [6.45, 7) is 1.76. The standard InChI is InChI=1S/C19H18Cl3N5O3S/c1-11-14(16(29)27(26(11)2)12-7-4-3-5-8-12)23-18(31)25-17(19(20,21)22)24-15(28)13-9-6-10-30-13/h3-10,17H,1-2H3,(H,24,28)(H2,23,25,31)/t17-/m0/s1. The number of amides is 1. The van der Waals surface area contributed by atoms with E-state index in [9.17, 15) is 9.59 Å². The predicted octanol–water partition coefficient (Wildman–Crippen LogP) is 3.49. The van der Waals surface area contributed by atoms with Crippen molar-refractivity contribution in [1.29, 1.82) is 0 Å². The number of furan rings is 1. The number of para-hydroxylation sites is 1. The number of thiocarbonyl (C=S) groups is 1. The van der Waals surface area contributed by atoms with E-state index >= 15 is 0 Å². The normalized spacial score (nSPS) is 12.3. The van der Waals surface area contributed by atoms with E-state index in [4.69, 9.17) is 51.4 Å². The number of carbonyl (C=O) groups is 1. The average molecular weight is 503 g/mol. The summed E-state index contributed by atoms with van der Waals surface area (Å²) in [6, 6.07) is 12.1. The van der Waals surface area contributed by atoms with Gasteiger partial charge in [-0.3, -0.25) is 14.3 Å². The number of benzene rings is 1. The Hall–Kier alpha value is -2.46. The second kappa shape index (κ2) is 9.35. The number of rotatable bonds is 5. The van der Waals surface area contributed by atoms with E-state index in [0.29, 0.717) is 11.4 Å². The molecule has 3 N–H and O–H groups in total. The molecule has 0 bridgehead atoms. The van der Waals surface area contributed by atoms with Gasteiger partial charge in [-0.2, -0.15) is 0 Å². The first-order valence-corrected chi connectivity index (χ1v) is 10.5. The number of alkyl halides is 3. The zero-order valence-electron chi connectivity index (χ0n) is 16.4. The average Bonchev–Trinajstić information content (AvgIpc) is 3.32. The third kappa shape index (κ3) is 5.24. The van der Waals surface area contributed by atoms with E-state index in [2.05, 4.69) is 16.0 Å². The van der Waals surface area contributed by atoms with Crippen molar-refractivity contribution in [3.63, 3.8) is 0 Å². The first kappa shape index (κ1) is 23.2. The number of anilines is 1. The fourth-order valence-electron chi connectivity index (χ4n) is 2.80. The molecule has 0 unspecified atom stereocenters. The van der Waals surface area contributed by atoms with E-state index in [-0.39, 0.29) is 22.1 Å². The van der Waals surface area contributed by atoms with Gasteiger partial charge in [0.1, 0.15) is 11.9 Å². The van der Waals surface area contributed by atoms with E-state index in [1.54, 1.807) is 24.7 Å². The molecule has 1 amide bonds. The molecule has 1 atom stereocenters. The summed E-state index contributed by atoms with van der Waals surface area (Å²) in [5.41, 5.74) is 1.24. The SMILES string of the molecule is Cc1c(NC(=S)N[C@H](NC(=O)c2ccco2)C(Cl)(Cl)Cl)c(=O)n(-c2ccccc2)n1C. The molecule has 1 aromatic carbocycles. The van der Waals surface area contributed by atoms with Gasteiger partial charge in [0.25, 0.3) is 11.5 Å². The summed E-state index contributed by atoms with van der Waals surface area (Å²) in [7, 11) is 1.75.